The van der Waals surface area contributed by atoms with Gasteiger partial charge in [-0.1, -0.05) is 41.9 Å². The molecular formula is C20H26ClN2O3S+. The number of nitrogens with one attached hydrogen (secondary N) is 1. The molecule has 0 aromatic heterocycles. The Morgan fingerprint density at radius 3 is 2.44 bits per heavy atom. The molecule has 0 bridgehead atoms. The van der Waals surface area contributed by atoms with Crippen molar-refractivity contribution in [3.8, 4) is 5.75 Å². The zero-order valence-electron chi connectivity index (χ0n) is 15.7. The molecule has 3 rings (SSSR count). The van der Waals surface area contributed by atoms with Gasteiger partial charge < -0.3 is 9.64 Å². The Bertz CT molecular complexity index is 880. The van der Waals surface area contributed by atoms with Crippen molar-refractivity contribution >= 4 is 21.6 Å². The second-order valence-corrected chi connectivity index (χ2v) is 9.11. The predicted molar refractivity (Wildman–Crippen MR) is 107 cm³/mol. The first-order chi connectivity index (χ1) is 12.9. The zero-order valence-corrected chi connectivity index (χ0v) is 17.3. The van der Waals surface area contributed by atoms with E-state index in [2.05, 4.69) is 12.1 Å². The Morgan fingerprint density at radius 2 is 1.81 bits per heavy atom. The Hall–Kier alpha value is -1.60. The van der Waals surface area contributed by atoms with E-state index in [1.165, 1.54) is 16.5 Å². The summed E-state index contributed by atoms with van der Waals surface area (Å²) in [6, 6.07) is 13.5. The van der Waals surface area contributed by atoms with Crippen LogP contribution in [0.3, 0.4) is 0 Å². The highest BCUT2D eigenvalue weighted by Crippen LogP contribution is 2.32. The van der Waals surface area contributed by atoms with Gasteiger partial charge in [0, 0.05) is 10.6 Å². The lowest BCUT2D eigenvalue weighted by Gasteiger charge is -2.32. The number of rotatable bonds is 6. The smallest absolute Gasteiger partial charge is 0.247 e. The quantitative estimate of drug-likeness (QED) is 0.795. The number of quaternary nitrogens is 1. The Balaban J connectivity index is 1.74. The molecule has 0 radical (unpaired) electrons. The largest absolute Gasteiger partial charge is 0.492 e. The van der Waals surface area contributed by atoms with E-state index in [-0.39, 0.29) is 4.90 Å². The van der Waals surface area contributed by atoms with Crippen LogP contribution in [-0.4, -0.2) is 45.5 Å². The SMILES string of the molecule is CCOc1cc(C)c(Cl)cc1S(=O)(=O)N1CC[NH+](Cc2ccccc2)CC1. The van der Waals surface area contributed by atoms with Crippen LogP contribution in [0.1, 0.15) is 18.1 Å². The molecule has 27 heavy (non-hydrogen) atoms. The van der Waals surface area contributed by atoms with Crippen molar-refractivity contribution in [1.29, 1.82) is 0 Å². The van der Waals surface area contributed by atoms with Crippen molar-refractivity contribution in [3.05, 3.63) is 58.6 Å². The monoisotopic (exact) mass is 409 g/mol. The molecule has 2 aromatic rings. The van der Waals surface area contributed by atoms with Gasteiger partial charge in [0.05, 0.1) is 32.8 Å². The average Bonchev–Trinajstić information content (AvgIpc) is 2.66. The van der Waals surface area contributed by atoms with Crippen LogP contribution in [0.2, 0.25) is 5.02 Å². The van der Waals surface area contributed by atoms with Crippen LogP contribution in [-0.2, 0) is 16.6 Å². The van der Waals surface area contributed by atoms with Crippen LogP contribution < -0.4 is 9.64 Å². The summed E-state index contributed by atoms with van der Waals surface area (Å²) >= 11 is 6.20. The summed E-state index contributed by atoms with van der Waals surface area (Å²) in [5, 5.41) is 0.436. The fourth-order valence-electron chi connectivity index (χ4n) is 3.35. The molecule has 7 heteroatoms. The van der Waals surface area contributed by atoms with Gasteiger partial charge in [-0.15, -0.1) is 0 Å². The highest BCUT2D eigenvalue weighted by Gasteiger charge is 2.33. The lowest BCUT2D eigenvalue weighted by atomic mass is 10.2. The first-order valence-corrected chi connectivity index (χ1v) is 11.0. The minimum Gasteiger partial charge on any atom is -0.492 e. The maximum Gasteiger partial charge on any atom is 0.247 e. The minimum atomic E-state index is -3.64. The molecular weight excluding hydrogens is 384 g/mol. The average molecular weight is 410 g/mol. The molecule has 1 aliphatic heterocycles. The Kier molecular flexibility index (Phi) is 6.42. The standard InChI is InChI=1S/C20H25ClN2O3S/c1-3-26-19-13-16(2)18(21)14-20(19)27(24,25)23-11-9-22(10-12-23)15-17-7-5-4-6-8-17/h4-8,13-14H,3,9-12,15H2,1-2H3/p+1. The predicted octanol–water partition coefficient (Wildman–Crippen LogP) is 2.14. The van der Waals surface area contributed by atoms with E-state index >= 15 is 0 Å². The summed E-state index contributed by atoms with van der Waals surface area (Å²) in [5.74, 6) is 0.374. The number of ether oxygens (including phenoxy) is 1. The number of benzene rings is 2. The third-order valence-corrected chi connectivity index (χ3v) is 7.20. The van der Waals surface area contributed by atoms with Gasteiger partial charge in [0.1, 0.15) is 17.2 Å². The van der Waals surface area contributed by atoms with Gasteiger partial charge in [0.25, 0.3) is 0 Å². The molecule has 0 spiro atoms. The normalized spacial score (nSPS) is 16.4. The molecule has 1 heterocycles. The van der Waals surface area contributed by atoms with E-state index in [1.807, 2.05) is 32.0 Å². The Morgan fingerprint density at radius 1 is 1.15 bits per heavy atom. The molecule has 0 atom stereocenters. The molecule has 1 fully saturated rings. The van der Waals surface area contributed by atoms with E-state index in [9.17, 15) is 8.42 Å². The van der Waals surface area contributed by atoms with Crippen LogP contribution in [0.5, 0.6) is 5.75 Å². The van der Waals surface area contributed by atoms with E-state index < -0.39 is 10.0 Å². The van der Waals surface area contributed by atoms with Crippen LogP contribution in [0.25, 0.3) is 0 Å². The number of hydrogen-bond acceptors (Lipinski definition) is 3. The summed E-state index contributed by atoms with van der Waals surface area (Å²) in [6.07, 6.45) is 0. The number of halogens is 1. The fraction of sp³-hybridized carbons (Fsp3) is 0.400. The Labute approximate surface area is 166 Å². The lowest BCUT2D eigenvalue weighted by molar-refractivity contribution is -0.917. The van der Waals surface area contributed by atoms with Gasteiger partial charge >= 0.3 is 0 Å². The highest BCUT2D eigenvalue weighted by molar-refractivity contribution is 7.89. The van der Waals surface area contributed by atoms with Crippen LogP contribution in [0.4, 0.5) is 0 Å². The third kappa shape index (κ3) is 4.63. The van der Waals surface area contributed by atoms with Crippen molar-refractivity contribution in [1.82, 2.24) is 4.31 Å². The second-order valence-electron chi connectivity index (χ2n) is 6.80. The van der Waals surface area contributed by atoms with Crippen LogP contribution in [0.15, 0.2) is 47.4 Å². The number of sulfonamides is 1. The van der Waals surface area contributed by atoms with E-state index in [4.69, 9.17) is 16.3 Å². The second kappa shape index (κ2) is 8.61. The maximum absolute atomic E-state index is 13.2. The van der Waals surface area contributed by atoms with Gasteiger partial charge in [-0.05, 0) is 31.5 Å². The molecule has 1 N–H and O–H groups in total. The molecule has 146 valence electrons. The van der Waals surface area contributed by atoms with Crippen molar-refractivity contribution in [3.63, 3.8) is 0 Å². The number of aryl methyl sites for hydroxylation is 1. The van der Waals surface area contributed by atoms with Crippen molar-refractivity contribution < 1.29 is 18.1 Å². The van der Waals surface area contributed by atoms with Crippen molar-refractivity contribution in [2.45, 2.75) is 25.3 Å². The number of nitrogens with zero attached hydrogens (tertiary/aromatic N) is 1. The van der Waals surface area contributed by atoms with Gasteiger partial charge in [-0.3, -0.25) is 0 Å². The summed E-state index contributed by atoms with van der Waals surface area (Å²) in [6.45, 7) is 7.52. The molecule has 0 saturated carbocycles. The van der Waals surface area contributed by atoms with E-state index in [0.717, 1.165) is 25.2 Å². The summed E-state index contributed by atoms with van der Waals surface area (Å²) in [5.41, 5.74) is 2.07. The van der Waals surface area contributed by atoms with Crippen molar-refractivity contribution in [2.24, 2.45) is 0 Å². The molecule has 0 amide bonds. The van der Waals surface area contributed by atoms with Gasteiger partial charge in [0.15, 0.2) is 0 Å². The third-order valence-electron chi connectivity index (χ3n) is 4.87. The highest BCUT2D eigenvalue weighted by atomic mass is 35.5. The minimum absolute atomic E-state index is 0.159. The van der Waals surface area contributed by atoms with E-state index in [0.29, 0.717) is 30.5 Å². The summed E-state index contributed by atoms with van der Waals surface area (Å²) in [4.78, 5) is 1.55. The fourth-order valence-corrected chi connectivity index (χ4v) is 5.16. The van der Waals surface area contributed by atoms with Gasteiger partial charge in [-0.25, -0.2) is 8.42 Å². The van der Waals surface area contributed by atoms with Gasteiger partial charge in [-0.2, -0.15) is 4.31 Å². The lowest BCUT2D eigenvalue weighted by Crippen LogP contribution is -3.13. The molecule has 1 aliphatic rings. The summed E-state index contributed by atoms with van der Waals surface area (Å²) in [7, 11) is -3.64. The first kappa shape index (κ1) is 20.1. The molecule has 0 aliphatic carbocycles. The summed E-state index contributed by atoms with van der Waals surface area (Å²) < 4.78 is 33.5. The maximum atomic E-state index is 13.2. The van der Waals surface area contributed by atoms with Crippen LogP contribution in [0, 0.1) is 6.92 Å². The topological polar surface area (TPSA) is 51.1 Å². The molecule has 2 aromatic carbocycles. The molecule has 1 saturated heterocycles. The van der Waals surface area contributed by atoms with Crippen molar-refractivity contribution in [2.75, 3.05) is 32.8 Å². The first-order valence-electron chi connectivity index (χ1n) is 9.22. The van der Waals surface area contributed by atoms with E-state index in [1.54, 1.807) is 10.4 Å². The molecule has 0 unspecified atom stereocenters. The number of piperazine rings is 1. The van der Waals surface area contributed by atoms with Crippen LogP contribution >= 0.6 is 11.6 Å². The molecule has 5 nitrogen and oxygen atoms in total. The zero-order chi connectivity index (χ0) is 19.4. The van der Waals surface area contributed by atoms with Gasteiger partial charge in [0.2, 0.25) is 10.0 Å². The number of hydrogen-bond donors (Lipinski definition) is 1.